The van der Waals surface area contributed by atoms with E-state index in [1.54, 1.807) is 0 Å². The normalized spacial score (nSPS) is 55.2. The third-order valence-corrected chi connectivity index (χ3v) is 9.35. The van der Waals surface area contributed by atoms with E-state index in [4.69, 9.17) is 0 Å². The predicted molar refractivity (Wildman–Crippen MR) is 102 cm³/mol. The Hall–Kier alpha value is -0.340. The molecule has 0 radical (unpaired) electrons. The van der Waals surface area contributed by atoms with Gasteiger partial charge in [0.1, 0.15) is 0 Å². The van der Waals surface area contributed by atoms with Crippen LogP contribution in [0.2, 0.25) is 0 Å². The summed E-state index contributed by atoms with van der Waals surface area (Å²) in [5.41, 5.74) is 1.02. The zero-order chi connectivity index (χ0) is 18.0. The van der Waals surface area contributed by atoms with Crippen LogP contribution in [0.4, 0.5) is 0 Å². The molecule has 2 heteroatoms. The Balaban J connectivity index is 1.58. The second-order valence-electron chi connectivity index (χ2n) is 10.7. The maximum absolute atomic E-state index is 10.6. The standard InChI is InChI=1S/C23H38O2/c1-14-11-18-16(17-7-9-22(3,25)12-19(14)17)8-10-23(4)20(15(2)13-24)5-6-21(18)23/h14,16-21,24-25H,2,5-13H2,1,3-4H3/t14-,16-,17-,18-,19-,20-,21+,22-,23-/m1/s1. The quantitative estimate of drug-likeness (QED) is 0.705. The highest BCUT2D eigenvalue weighted by molar-refractivity contribution is 5.16. The molecule has 4 saturated carbocycles. The summed E-state index contributed by atoms with van der Waals surface area (Å²) in [4.78, 5) is 0. The van der Waals surface area contributed by atoms with Crippen molar-refractivity contribution in [3.63, 3.8) is 0 Å². The predicted octanol–water partition coefficient (Wildman–Crippen LogP) is 4.80. The third kappa shape index (κ3) is 2.74. The SMILES string of the molecule is C=C(CO)[C@H]1CC[C@H]2[C@@H]3C[C@@H](C)[C@H]4C[C@](C)(O)CC[C@@H]4[C@H]3CC[C@]12C. The van der Waals surface area contributed by atoms with E-state index in [0.29, 0.717) is 11.3 Å². The molecule has 0 aromatic carbocycles. The summed E-state index contributed by atoms with van der Waals surface area (Å²) in [6.45, 7) is 11.4. The van der Waals surface area contributed by atoms with Gasteiger partial charge >= 0.3 is 0 Å². The molecule has 0 aromatic rings. The minimum absolute atomic E-state index is 0.164. The van der Waals surface area contributed by atoms with Gasteiger partial charge in [-0.2, -0.15) is 0 Å². The molecule has 0 bridgehead atoms. The fourth-order valence-corrected chi connectivity index (χ4v) is 8.18. The van der Waals surface area contributed by atoms with Crippen LogP contribution < -0.4 is 0 Å². The second-order valence-corrected chi connectivity index (χ2v) is 10.7. The average Bonchev–Trinajstić information content (AvgIpc) is 2.91. The van der Waals surface area contributed by atoms with E-state index in [9.17, 15) is 10.2 Å². The van der Waals surface area contributed by atoms with Crippen LogP contribution in [0, 0.1) is 46.8 Å². The molecule has 4 aliphatic carbocycles. The maximum Gasteiger partial charge on any atom is 0.0642 e. The molecule has 0 amide bonds. The topological polar surface area (TPSA) is 40.5 Å². The van der Waals surface area contributed by atoms with E-state index in [2.05, 4.69) is 27.4 Å². The minimum atomic E-state index is -0.428. The lowest BCUT2D eigenvalue weighted by Crippen LogP contribution is -2.52. The first kappa shape index (κ1) is 18.0. The van der Waals surface area contributed by atoms with E-state index in [1.807, 2.05) is 0 Å². The number of rotatable bonds is 2. The van der Waals surface area contributed by atoms with E-state index in [0.717, 1.165) is 53.9 Å². The van der Waals surface area contributed by atoms with Crippen molar-refractivity contribution in [1.82, 2.24) is 0 Å². The van der Waals surface area contributed by atoms with Crippen molar-refractivity contribution >= 4 is 0 Å². The Morgan fingerprint density at radius 2 is 1.68 bits per heavy atom. The molecule has 142 valence electrons. The van der Waals surface area contributed by atoms with Gasteiger partial charge in [0.15, 0.2) is 0 Å². The van der Waals surface area contributed by atoms with E-state index >= 15 is 0 Å². The van der Waals surface area contributed by atoms with Crippen LogP contribution in [0.5, 0.6) is 0 Å². The van der Waals surface area contributed by atoms with Gasteiger partial charge in [0.25, 0.3) is 0 Å². The van der Waals surface area contributed by atoms with Gasteiger partial charge in [-0.05, 0) is 111 Å². The Morgan fingerprint density at radius 3 is 2.40 bits per heavy atom. The first-order valence-corrected chi connectivity index (χ1v) is 10.8. The average molecular weight is 347 g/mol. The number of aliphatic hydroxyl groups excluding tert-OH is 1. The van der Waals surface area contributed by atoms with Gasteiger partial charge in [-0.3, -0.25) is 0 Å². The number of aliphatic hydroxyl groups is 2. The number of fused-ring (bicyclic) bond motifs is 5. The second kappa shape index (κ2) is 6.09. The highest BCUT2D eigenvalue weighted by Crippen LogP contribution is 2.66. The Bertz CT molecular complexity index is 538. The third-order valence-electron chi connectivity index (χ3n) is 9.35. The van der Waals surface area contributed by atoms with Crippen LogP contribution in [0.1, 0.15) is 72.1 Å². The van der Waals surface area contributed by atoms with Gasteiger partial charge in [-0.1, -0.05) is 20.4 Å². The highest BCUT2D eigenvalue weighted by Gasteiger charge is 2.58. The van der Waals surface area contributed by atoms with E-state index in [-0.39, 0.29) is 6.61 Å². The van der Waals surface area contributed by atoms with Crippen LogP contribution in [0.3, 0.4) is 0 Å². The molecule has 0 spiro atoms. The molecule has 0 heterocycles. The Labute approximate surface area is 154 Å². The fraction of sp³-hybridized carbons (Fsp3) is 0.913. The van der Waals surface area contributed by atoms with Crippen molar-refractivity contribution in [2.75, 3.05) is 6.61 Å². The molecule has 2 nitrogen and oxygen atoms in total. The summed E-state index contributed by atoms with van der Waals surface area (Å²) < 4.78 is 0. The lowest BCUT2D eigenvalue weighted by Gasteiger charge is -2.59. The summed E-state index contributed by atoms with van der Waals surface area (Å²) in [6, 6.07) is 0. The molecule has 4 aliphatic rings. The number of hydrogen-bond acceptors (Lipinski definition) is 2. The van der Waals surface area contributed by atoms with Crippen LogP contribution in [0.25, 0.3) is 0 Å². The molecule has 4 fully saturated rings. The largest absolute Gasteiger partial charge is 0.392 e. The summed E-state index contributed by atoms with van der Waals surface area (Å²) in [5, 5.41) is 20.3. The summed E-state index contributed by atoms with van der Waals surface area (Å²) in [7, 11) is 0. The zero-order valence-electron chi connectivity index (χ0n) is 16.5. The van der Waals surface area contributed by atoms with Crippen molar-refractivity contribution in [2.45, 2.75) is 77.7 Å². The van der Waals surface area contributed by atoms with Crippen LogP contribution in [-0.4, -0.2) is 22.4 Å². The van der Waals surface area contributed by atoms with Crippen molar-refractivity contribution in [2.24, 2.45) is 46.8 Å². The van der Waals surface area contributed by atoms with Gasteiger partial charge in [-0.25, -0.2) is 0 Å². The lowest BCUT2D eigenvalue weighted by molar-refractivity contribution is -0.117. The molecular formula is C23H38O2. The molecule has 2 N–H and O–H groups in total. The lowest BCUT2D eigenvalue weighted by atomic mass is 9.47. The summed E-state index contributed by atoms with van der Waals surface area (Å²) >= 11 is 0. The number of hydrogen-bond donors (Lipinski definition) is 2. The Morgan fingerprint density at radius 1 is 1.00 bits per heavy atom. The molecule has 0 saturated heterocycles. The first-order chi connectivity index (χ1) is 11.8. The molecule has 4 rings (SSSR count). The van der Waals surface area contributed by atoms with Crippen molar-refractivity contribution < 1.29 is 10.2 Å². The monoisotopic (exact) mass is 346 g/mol. The maximum atomic E-state index is 10.6. The van der Waals surface area contributed by atoms with Crippen LogP contribution in [-0.2, 0) is 0 Å². The van der Waals surface area contributed by atoms with Gasteiger partial charge in [0.05, 0.1) is 12.2 Å². The van der Waals surface area contributed by atoms with E-state index < -0.39 is 5.60 Å². The summed E-state index contributed by atoms with van der Waals surface area (Å²) in [5.74, 6) is 5.44. The zero-order valence-corrected chi connectivity index (χ0v) is 16.5. The molecule has 0 aromatic heterocycles. The van der Waals surface area contributed by atoms with Crippen molar-refractivity contribution in [3.05, 3.63) is 12.2 Å². The van der Waals surface area contributed by atoms with Crippen LogP contribution in [0.15, 0.2) is 12.2 Å². The fourth-order valence-electron chi connectivity index (χ4n) is 8.18. The van der Waals surface area contributed by atoms with E-state index in [1.165, 1.54) is 38.5 Å². The van der Waals surface area contributed by atoms with Crippen molar-refractivity contribution in [3.8, 4) is 0 Å². The molecule has 0 aliphatic heterocycles. The van der Waals surface area contributed by atoms with Gasteiger partial charge in [-0.15, -0.1) is 0 Å². The van der Waals surface area contributed by atoms with Gasteiger partial charge in [0.2, 0.25) is 0 Å². The molecule has 9 atom stereocenters. The van der Waals surface area contributed by atoms with Gasteiger partial charge < -0.3 is 10.2 Å². The molecule has 25 heavy (non-hydrogen) atoms. The minimum Gasteiger partial charge on any atom is -0.392 e. The summed E-state index contributed by atoms with van der Waals surface area (Å²) in [6.07, 6.45) is 9.87. The highest BCUT2D eigenvalue weighted by atomic mass is 16.3. The van der Waals surface area contributed by atoms with Crippen LogP contribution >= 0.6 is 0 Å². The Kier molecular flexibility index (Phi) is 4.40. The van der Waals surface area contributed by atoms with Crippen molar-refractivity contribution in [1.29, 1.82) is 0 Å². The van der Waals surface area contributed by atoms with Gasteiger partial charge in [0, 0.05) is 0 Å². The first-order valence-electron chi connectivity index (χ1n) is 10.8. The molecule has 0 unspecified atom stereocenters. The smallest absolute Gasteiger partial charge is 0.0642 e. The molecular weight excluding hydrogens is 308 g/mol.